The highest BCUT2D eigenvalue weighted by atomic mass is 35.5. The number of nitrogens with one attached hydrogen (secondary N) is 1. The van der Waals surface area contributed by atoms with E-state index in [0.29, 0.717) is 33.9 Å². The van der Waals surface area contributed by atoms with Gasteiger partial charge in [-0.1, -0.05) is 28.4 Å². The Kier molecular flexibility index (Phi) is 5.37. The molecule has 0 aliphatic heterocycles. The molecule has 0 saturated heterocycles. The van der Waals surface area contributed by atoms with Crippen molar-refractivity contribution in [1.29, 1.82) is 0 Å². The number of nitrogens with zero attached hydrogens (tertiary/aromatic N) is 3. The van der Waals surface area contributed by atoms with E-state index in [0.717, 1.165) is 0 Å². The number of hydrogen-bond donors (Lipinski definition) is 1. The molecule has 0 spiro atoms. The van der Waals surface area contributed by atoms with E-state index >= 15 is 0 Å². The summed E-state index contributed by atoms with van der Waals surface area (Å²) in [5.74, 6) is -3.33. The lowest BCUT2D eigenvalue weighted by molar-refractivity contribution is 0.0976. The van der Waals surface area contributed by atoms with Gasteiger partial charge in [-0.15, -0.1) is 5.10 Å². The zero-order valence-electron chi connectivity index (χ0n) is 14.0. The maximum absolute atomic E-state index is 13.3. The Balaban J connectivity index is 1.92. The van der Waals surface area contributed by atoms with Gasteiger partial charge in [0.25, 0.3) is 15.9 Å². The molecule has 3 rings (SSSR count). The van der Waals surface area contributed by atoms with Crippen LogP contribution in [0.3, 0.4) is 0 Å². The third-order valence-corrected chi connectivity index (χ3v) is 5.32. The van der Waals surface area contributed by atoms with Crippen molar-refractivity contribution < 1.29 is 22.0 Å². The standard InChI is InChI=1S/C16H10Cl2F2N4O3S/c1-8-15(21-23-24(8)13-3-9(17)2-10(18)4-13)16(25)22-28(26,27)14-6-11(19)5-12(20)7-14/h2-7H,1H3,(H,22,25). The number of carbonyl (C=O) groups is 1. The Labute approximate surface area is 167 Å². The Morgan fingerprint density at radius 3 is 2.18 bits per heavy atom. The summed E-state index contributed by atoms with van der Waals surface area (Å²) in [4.78, 5) is 11.6. The van der Waals surface area contributed by atoms with Crippen molar-refractivity contribution in [1.82, 2.24) is 19.7 Å². The molecule has 2 aromatic carbocycles. The lowest BCUT2D eigenvalue weighted by atomic mass is 10.3. The van der Waals surface area contributed by atoms with Crippen LogP contribution in [0.25, 0.3) is 5.69 Å². The highest BCUT2D eigenvalue weighted by Crippen LogP contribution is 2.23. The molecule has 7 nitrogen and oxygen atoms in total. The Morgan fingerprint density at radius 1 is 1.04 bits per heavy atom. The van der Waals surface area contributed by atoms with Crippen LogP contribution >= 0.6 is 23.2 Å². The molecule has 146 valence electrons. The molecule has 0 radical (unpaired) electrons. The van der Waals surface area contributed by atoms with E-state index in [2.05, 4.69) is 10.3 Å². The van der Waals surface area contributed by atoms with Gasteiger partial charge in [0.2, 0.25) is 0 Å². The summed E-state index contributed by atoms with van der Waals surface area (Å²) < 4.78 is 54.0. The van der Waals surface area contributed by atoms with Crippen LogP contribution in [0.4, 0.5) is 8.78 Å². The largest absolute Gasteiger partial charge is 0.287 e. The fourth-order valence-electron chi connectivity index (χ4n) is 2.36. The molecule has 0 saturated carbocycles. The zero-order chi connectivity index (χ0) is 20.6. The number of carbonyl (C=O) groups excluding carboxylic acids is 1. The van der Waals surface area contributed by atoms with Crippen molar-refractivity contribution in [3.8, 4) is 5.69 Å². The van der Waals surface area contributed by atoms with Gasteiger partial charge in [-0.2, -0.15) is 0 Å². The van der Waals surface area contributed by atoms with Gasteiger partial charge in [0.15, 0.2) is 5.69 Å². The monoisotopic (exact) mass is 446 g/mol. The minimum Gasteiger partial charge on any atom is -0.266 e. The first-order valence-electron chi connectivity index (χ1n) is 7.49. The Morgan fingerprint density at radius 2 is 1.61 bits per heavy atom. The van der Waals surface area contributed by atoms with Crippen LogP contribution in [0.1, 0.15) is 16.2 Å². The second-order valence-corrected chi connectivity index (χ2v) is 8.16. The molecule has 0 aliphatic carbocycles. The van der Waals surface area contributed by atoms with Gasteiger partial charge >= 0.3 is 0 Å². The van der Waals surface area contributed by atoms with Crippen molar-refractivity contribution in [3.05, 3.63) is 69.5 Å². The summed E-state index contributed by atoms with van der Waals surface area (Å²) in [6, 6.07) is 6.20. The number of benzene rings is 2. The van der Waals surface area contributed by atoms with E-state index in [-0.39, 0.29) is 11.4 Å². The summed E-state index contributed by atoms with van der Waals surface area (Å²) in [5.41, 5.74) is 0.282. The molecule has 12 heteroatoms. The van der Waals surface area contributed by atoms with Crippen molar-refractivity contribution in [3.63, 3.8) is 0 Å². The molecule has 3 aromatic rings. The lowest BCUT2D eigenvalue weighted by Crippen LogP contribution is -2.31. The van der Waals surface area contributed by atoms with Gasteiger partial charge in [0.1, 0.15) is 11.6 Å². The summed E-state index contributed by atoms with van der Waals surface area (Å²) in [6.45, 7) is 1.47. The normalized spacial score (nSPS) is 11.5. The van der Waals surface area contributed by atoms with E-state index < -0.39 is 32.5 Å². The first kappa shape index (κ1) is 20.2. The molecule has 1 heterocycles. The highest BCUT2D eigenvalue weighted by molar-refractivity contribution is 7.90. The molecule has 0 bridgehead atoms. The summed E-state index contributed by atoms with van der Waals surface area (Å²) in [6.07, 6.45) is 0. The van der Waals surface area contributed by atoms with Crippen molar-refractivity contribution >= 4 is 39.1 Å². The van der Waals surface area contributed by atoms with Crippen LogP contribution in [-0.2, 0) is 10.0 Å². The van der Waals surface area contributed by atoms with Crippen molar-refractivity contribution in [2.24, 2.45) is 0 Å². The molecule has 1 N–H and O–H groups in total. The predicted molar refractivity (Wildman–Crippen MR) is 97.1 cm³/mol. The predicted octanol–water partition coefficient (Wildman–Crippen LogP) is 3.28. The minimum atomic E-state index is -4.54. The highest BCUT2D eigenvalue weighted by Gasteiger charge is 2.24. The van der Waals surface area contributed by atoms with Gasteiger partial charge in [0, 0.05) is 16.1 Å². The van der Waals surface area contributed by atoms with Gasteiger partial charge in [-0.25, -0.2) is 26.6 Å². The molecule has 28 heavy (non-hydrogen) atoms. The van der Waals surface area contributed by atoms with Crippen LogP contribution in [0.5, 0.6) is 0 Å². The van der Waals surface area contributed by atoms with Gasteiger partial charge < -0.3 is 0 Å². The molecule has 0 fully saturated rings. The van der Waals surface area contributed by atoms with Crippen LogP contribution in [-0.4, -0.2) is 29.3 Å². The first-order valence-corrected chi connectivity index (χ1v) is 9.73. The number of sulfonamides is 1. The average molecular weight is 447 g/mol. The van der Waals surface area contributed by atoms with E-state index in [1.807, 2.05) is 0 Å². The second kappa shape index (κ2) is 7.46. The molecule has 1 aromatic heterocycles. The van der Waals surface area contributed by atoms with Crippen LogP contribution < -0.4 is 4.72 Å². The van der Waals surface area contributed by atoms with Crippen LogP contribution in [0.2, 0.25) is 10.0 Å². The van der Waals surface area contributed by atoms with Gasteiger partial charge in [-0.05, 0) is 37.3 Å². The quantitative estimate of drug-likeness (QED) is 0.663. The maximum Gasteiger partial charge on any atom is 0.287 e. The lowest BCUT2D eigenvalue weighted by Gasteiger charge is -2.07. The summed E-state index contributed by atoms with van der Waals surface area (Å²) in [5, 5.41) is 8.10. The second-order valence-electron chi connectivity index (χ2n) is 5.60. The number of hydrogen-bond acceptors (Lipinski definition) is 5. The molecule has 0 atom stereocenters. The van der Waals surface area contributed by atoms with Crippen molar-refractivity contribution in [2.75, 3.05) is 0 Å². The molecular formula is C16H10Cl2F2N4O3S. The first-order chi connectivity index (χ1) is 13.1. The maximum atomic E-state index is 13.3. The minimum absolute atomic E-state index is 0.191. The Hall–Kier alpha value is -2.56. The third-order valence-electron chi connectivity index (χ3n) is 3.57. The molecular weight excluding hydrogens is 437 g/mol. The van der Waals surface area contributed by atoms with Crippen LogP contribution in [0, 0.1) is 18.6 Å². The molecule has 0 aliphatic rings. The van der Waals surface area contributed by atoms with E-state index in [9.17, 15) is 22.0 Å². The SMILES string of the molecule is Cc1c(C(=O)NS(=O)(=O)c2cc(F)cc(F)c2)nnn1-c1cc(Cl)cc(Cl)c1. The van der Waals surface area contributed by atoms with Gasteiger partial charge in [0.05, 0.1) is 16.3 Å². The van der Waals surface area contributed by atoms with E-state index in [4.69, 9.17) is 23.2 Å². The third kappa shape index (κ3) is 4.13. The summed E-state index contributed by atoms with van der Waals surface area (Å²) >= 11 is 11.9. The number of halogens is 4. The fraction of sp³-hybridized carbons (Fsp3) is 0.0625. The van der Waals surface area contributed by atoms with E-state index in [1.165, 1.54) is 29.8 Å². The van der Waals surface area contributed by atoms with Crippen molar-refractivity contribution in [2.45, 2.75) is 11.8 Å². The van der Waals surface area contributed by atoms with Gasteiger partial charge in [-0.3, -0.25) is 4.79 Å². The fourth-order valence-corrected chi connectivity index (χ4v) is 3.87. The van der Waals surface area contributed by atoms with E-state index in [1.54, 1.807) is 4.72 Å². The zero-order valence-corrected chi connectivity index (χ0v) is 16.3. The molecule has 0 unspecified atom stereocenters. The number of amides is 1. The summed E-state index contributed by atoms with van der Waals surface area (Å²) in [7, 11) is -4.54. The Bertz CT molecular complexity index is 1160. The average Bonchev–Trinajstić information content (AvgIpc) is 2.94. The topological polar surface area (TPSA) is 93.9 Å². The number of rotatable bonds is 4. The smallest absolute Gasteiger partial charge is 0.266 e. The number of aromatic nitrogens is 3. The van der Waals surface area contributed by atoms with Crippen LogP contribution in [0.15, 0.2) is 41.3 Å². The molecule has 1 amide bonds.